The van der Waals surface area contributed by atoms with Crippen LogP contribution in [-0.2, 0) is 6.54 Å². The van der Waals surface area contributed by atoms with Crippen LogP contribution in [0.1, 0.15) is 28.8 Å². The van der Waals surface area contributed by atoms with E-state index in [1.54, 1.807) is 4.90 Å². The molecule has 0 bridgehead atoms. The van der Waals surface area contributed by atoms with Crippen LogP contribution < -0.4 is 0 Å². The lowest BCUT2D eigenvalue weighted by Crippen LogP contribution is -2.32. The summed E-state index contributed by atoms with van der Waals surface area (Å²) in [7, 11) is 0. The Morgan fingerprint density at radius 2 is 1.76 bits per heavy atom. The Labute approximate surface area is 122 Å². The molecule has 2 nitrogen and oxygen atoms in total. The minimum atomic E-state index is -0.990. The van der Waals surface area contributed by atoms with Crippen molar-refractivity contribution in [1.82, 2.24) is 4.90 Å². The molecule has 0 radical (unpaired) electrons. The standard InChI is InChI=1S/C17H15F2NO/c18-15-9-6-13(10-16(15)19)17(21)20(14-7-8-14)11-12-4-2-1-3-5-12/h1-6,9-10,14H,7-8,11H2. The van der Waals surface area contributed by atoms with Crippen molar-refractivity contribution in [2.45, 2.75) is 25.4 Å². The van der Waals surface area contributed by atoms with Gasteiger partial charge in [-0.1, -0.05) is 30.3 Å². The average Bonchev–Trinajstić information content (AvgIpc) is 3.33. The summed E-state index contributed by atoms with van der Waals surface area (Å²) < 4.78 is 26.3. The molecule has 1 fully saturated rings. The van der Waals surface area contributed by atoms with Crippen LogP contribution in [0.2, 0.25) is 0 Å². The van der Waals surface area contributed by atoms with Gasteiger partial charge in [0, 0.05) is 18.2 Å². The largest absolute Gasteiger partial charge is 0.331 e. The van der Waals surface area contributed by atoms with Crippen LogP contribution in [0.4, 0.5) is 8.78 Å². The summed E-state index contributed by atoms with van der Waals surface area (Å²) in [5.74, 6) is -2.18. The van der Waals surface area contributed by atoms with Gasteiger partial charge in [0.2, 0.25) is 0 Å². The van der Waals surface area contributed by atoms with Gasteiger partial charge in [-0.2, -0.15) is 0 Å². The van der Waals surface area contributed by atoms with E-state index >= 15 is 0 Å². The molecule has 0 aromatic heterocycles. The van der Waals surface area contributed by atoms with Crippen molar-refractivity contribution in [2.24, 2.45) is 0 Å². The average molecular weight is 287 g/mol. The number of amides is 1. The molecule has 1 amide bonds. The smallest absolute Gasteiger partial charge is 0.254 e. The van der Waals surface area contributed by atoms with E-state index in [9.17, 15) is 13.6 Å². The summed E-state index contributed by atoms with van der Waals surface area (Å²) in [5, 5.41) is 0. The summed E-state index contributed by atoms with van der Waals surface area (Å²) in [6, 6.07) is 13.2. The highest BCUT2D eigenvalue weighted by Gasteiger charge is 2.33. The van der Waals surface area contributed by atoms with E-state index in [-0.39, 0.29) is 17.5 Å². The van der Waals surface area contributed by atoms with E-state index < -0.39 is 11.6 Å². The molecule has 0 unspecified atom stereocenters. The van der Waals surface area contributed by atoms with Gasteiger partial charge in [0.1, 0.15) is 0 Å². The van der Waals surface area contributed by atoms with Crippen molar-refractivity contribution < 1.29 is 13.6 Å². The van der Waals surface area contributed by atoms with Crippen molar-refractivity contribution in [2.75, 3.05) is 0 Å². The molecule has 1 saturated carbocycles. The number of nitrogens with zero attached hydrogens (tertiary/aromatic N) is 1. The Hall–Kier alpha value is -2.23. The maximum Gasteiger partial charge on any atom is 0.254 e. The second-order valence-electron chi connectivity index (χ2n) is 5.28. The fraction of sp³-hybridized carbons (Fsp3) is 0.235. The molecular weight excluding hydrogens is 272 g/mol. The van der Waals surface area contributed by atoms with Crippen LogP contribution in [0.15, 0.2) is 48.5 Å². The first kappa shape index (κ1) is 13.7. The van der Waals surface area contributed by atoms with Crippen LogP contribution in [0.3, 0.4) is 0 Å². The molecule has 0 N–H and O–H groups in total. The minimum Gasteiger partial charge on any atom is -0.331 e. The molecule has 0 heterocycles. The van der Waals surface area contributed by atoms with E-state index in [4.69, 9.17) is 0 Å². The number of benzene rings is 2. The van der Waals surface area contributed by atoms with Gasteiger partial charge in [0.25, 0.3) is 5.91 Å². The Bertz CT molecular complexity index is 653. The zero-order valence-corrected chi connectivity index (χ0v) is 11.4. The topological polar surface area (TPSA) is 20.3 Å². The lowest BCUT2D eigenvalue weighted by molar-refractivity contribution is 0.0729. The third-order valence-corrected chi connectivity index (χ3v) is 3.61. The van der Waals surface area contributed by atoms with Crippen LogP contribution in [0, 0.1) is 11.6 Å². The van der Waals surface area contributed by atoms with Crippen LogP contribution >= 0.6 is 0 Å². The van der Waals surface area contributed by atoms with Gasteiger partial charge in [-0.25, -0.2) is 8.78 Å². The van der Waals surface area contributed by atoms with Gasteiger partial charge in [0.05, 0.1) is 0 Å². The number of halogens is 2. The highest BCUT2D eigenvalue weighted by atomic mass is 19.2. The maximum absolute atomic E-state index is 13.3. The number of hydrogen-bond donors (Lipinski definition) is 0. The van der Waals surface area contributed by atoms with Gasteiger partial charge in [-0.3, -0.25) is 4.79 Å². The Morgan fingerprint density at radius 1 is 1.05 bits per heavy atom. The molecule has 0 atom stereocenters. The highest BCUT2D eigenvalue weighted by molar-refractivity contribution is 5.94. The van der Waals surface area contributed by atoms with Gasteiger partial charge >= 0.3 is 0 Å². The summed E-state index contributed by atoms with van der Waals surface area (Å²) in [6.45, 7) is 0.489. The van der Waals surface area contributed by atoms with Crippen molar-refractivity contribution in [3.8, 4) is 0 Å². The molecule has 2 aromatic carbocycles. The van der Waals surface area contributed by atoms with Crippen molar-refractivity contribution in [3.63, 3.8) is 0 Å². The third-order valence-electron chi connectivity index (χ3n) is 3.61. The maximum atomic E-state index is 13.3. The number of hydrogen-bond acceptors (Lipinski definition) is 1. The molecular formula is C17H15F2NO. The first-order chi connectivity index (χ1) is 10.1. The molecule has 1 aliphatic rings. The second kappa shape index (κ2) is 5.64. The minimum absolute atomic E-state index is 0.191. The van der Waals surface area contributed by atoms with E-state index in [1.807, 2.05) is 30.3 Å². The molecule has 1 aliphatic carbocycles. The normalized spacial score (nSPS) is 14.0. The molecule has 0 spiro atoms. The predicted octanol–water partition coefficient (Wildman–Crippen LogP) is 3.77. The first-order valence-corrected chi connectivity index (χ1v) is 6.95. The lowest BCUT2D eigenvalue weighted by Gasteiger charge is -2.22. The molecule has 0 saturated heterocycles. The van der Waals surface area contributed by atoms with E-state index in [0.717, 1.165) is 30.5 Å². The van der Waals surface area contributed by atoms with Crippen molar-refractivity contribution in [1.29, 1.82) is 0 Å². The molecule has 0 aliphatic heterocycles. The Morgan fingerprint density at radius 3 is 2.38 bits per heavy atom. The van der Waals surface area contributed by atoms with Crippen LogP contribution in [0.25, 0.3) is 0 Å². The number of carbonyl (C=O) groups is 1. The summed E-state index contributed by atoms with van der Waals surface area (Å²) in [4.78, 5) is 14.3. The summed E-state index contributed by atoms with van der Waals surface area (Å²) >= 11 is 0. The van der Waals surface area contributed by atoms with Gasteiger partial charge < -0.3 is 4.90 Å². The molecule has 108 valence electrons. The molecule has 21 heavy (non-hydrogen) atoms. The number of rotatable bonds is 4. The summed E-state index contributed by atoms with van der Waals surface area (Å²) in [5.41, 5.74) is 1.22. The van der Waals surface area contributed by atoms with E-state index in [0.29, 0.717) is 6.54 Å². The van der Waals surface area contributed by atoms with E-state index in [1.165, 1.54) is 6.07 Å². The predicted molar refractivity (Wildman–Crippen MR) is 75.7 cm³/mol. The molecule has 2 aromatic rings. The van der Waals surface area contributed by atoms with Crippen molar-refractivity contribution in [3.05, 3.63) is 71.3 Å². The fourth-order valence-electron chi connectivity index (χ4n) is 2.33. The van der Waals surface area contributed by atoms with Crippen molar-refractivity contribution >= 4 is 5.91 Å². The zero-order valence-electron chi connectivity index (χ0n) is 11.4. The van der Waals surface area contributed by atoms with Gasteiger partial charge in [0.15, 0.2) is 11.6 Å². The summed E-state index contributed by atoms with van der Waals surface area (Å²) in [6.07, 6.45) is 1.92. The highest BCUT2D eigenvalue weighted by Crippen LogP contribution is 2.30. The van der Waals surface area contributed by atoms with Gasteiger partial charge in [-0.05, 0) is 36.6 Å². The molecule has 3 rings (SSSR count). The van der Waals surface area contributed by atoms with Crippen LogP contribution in [-0.4, -0.2) is 16.8 Å². The fourth-order valence-corrected chi connectivity index (χ4v) is 2.33. The van der Waals surface area contributed by atoms with Crippen LogP contribution in [0.5, 0.6) is 0 Å². The number of carbonyl (C=O) groups excluding carboxylic acids is 1. The Balaban J connectivity index is 1.83. The Kier molecular flexibility index (Phi) is 3.69. The van der Waals surface area contributed by atoms with Gasteiger partial charge in [-0.15, -0.1) is 0 Å². The first-order valence-electron chi connectivity index (χ1n) is 6.95. The lowest BCUT2D eigenvalue weighted by atomic mass is 10.1. The quantitative estimate of drug-likeness (QED) is 0.838. The third kappa shape index (κ3) is 3.10. The monoisotopic (exact) mass is 287 g/mol. The zero-order chi connectivity index (χ0) is 14.8. The second-order valence-corrected chi connectivity index (χ2v) is 5.28. The van der Waals surface area contributed by atoms with E-state index in [2.05, 4.69) is 0 Å². The molecule has 4 heteroatoms. The SMILES string of the molecule is O=C(c1ccc(F)c(F)c1)N(Cc1ccccc1)C1CC1.